The average Bonchev–Trinajstić information content (AvgIpc) is 2.25. The van der Waals surface area contributed by atoms with Gasteiger partial charge in [0.25, 0.3) is 0 Å². The van der Waals surface area contributed by atoms with Crippen molar-refractivity contribution in [1.82, 2.24) is 4.90 Å². The number of benzene rings is 1. The Bertz CT molecular complexity index is 335. The molecule has 0 saturated carbocycles. The van der Waals surface area contributed by atoms with E-state index in [1.807, 2.05) is 12.1 Å². The SMILES string of the molecule is CN(C)CCCSc1ccc(C(=O)O)cc1. The molecule has 0 spiro atoms. The normalized spacial score (nSPS) is 10.7. The predicted octanol–water partition coefficient (Wildman–Crippen LogP) is 2.43. The molecule has 0 amide bonds. The zero-order valence-electron chi connectivity index (χ0n) is 9.64. The fraction of sp³-hybridized carbons (Fsp3) is 0.417. The number of carboxylic acid groups (broad SMARTS) is 1. The van der Waals surface area contributed by atoms with Crippen molar-refractivity contribution >= 4 is 17.7 Å². The maximum atomic E-state index is 10.6. The van der Waals surface area contributed by atoms with Crippen molar-refractivity contribution in [3.8, 4) is 0 Å². The Hall–Kier alpha value is -1.00. The van der Waals surface area contributed by atoms with Gasteiger partial charge in [-0.05, 0) is 57.1 Å². The number of carbonyl (C=O) groups is 1. The Balaban J connectivity index is 2.35. The molecule has 0 bridgehead atoms. The zero-order chi connectivity index (χ0) is 12.0. The summed E-state index contributed by atoms with van der Waals surface area (Å²) in [5.74, 6) is 0.189. The lowest BCUT2D eigenvalue weighted by Gasteiger charge is -2.08. The first kappa shape index (κ1) is 13.1. The Labute approximate surface area is 100 Å². The first-order valence-corrected chi connectivity index (χ1v) is 6.19. The van der Waals surface area contributed by atoms with Gasteiger partial charge in [-0.2, -0.15) is 0 Å². The van der Waals surface area contributed by atoms with Gasteiger partial charge in [-0.15, -0.1) is 11.8 Å². The molecule has 4 heteroatoms. The predicted molar refractivity (Wildman–Crippen MR) is 67.3 cm³/mol. The van der Waals surface area contributed by atoms with Gasteiger partial charge in [-0.25, -0.2) is 4.79 Å². The van der Waals surface area contributed by atoms with Crippen molar-refractivity contribution in [2.75, 3.05) is 26.4 Å². The average molecular weight is 239 g/mol. The lowest BCUT2D eigenvalue weighted by Crippen LogP contribution is -2.13. The number of hydrogen-bond donors (Lipinski definition) is 1. The van der Waals surface area contributed by atoms with E-state index in [9.17, 15) is 4.79 Å². The second kappa shape index (κ2) is 6.55. The Morgan fingerprint density at radius 3 is 2.44 bits per heavy atom. The summed E-state index contributed by atoms with van der Waals surface area (Å²) in [7, 11) is 4.12. The number of carboxylic acids is 1. The van der Waals surface area contributed by atoms with E-state index in [-0.39, 0.29) is 0 Å². The molecule has 88 valence electrons. The van der Waals surface area contributed by atoms with Crippen LogP contribution >= 0.6 is 11.8 Å². The summed E-state index contributed by atoms with van der Waals surface area (Å²) in [6, 6.07) is 7.03. The van der Waals surface area contributed by atoms with Crippen LogP contribution in [-0.2, 0) is 0 Å². The molecule has 1 aromatic carbocycles. The number of nitrogens with zero attached hydrogens (tertiary/aromatic N) is 1. The van der Waals surface area contributed by atoms with Crippen LogP contribution in [0.5, 0.6) is 0 Å². The van der Waals surface area contributed by atoms with E-state index in [0.717, 1.165) is 23.6 Å². The minimum atomic E-state index is -0.871. The van der Waals surface area contributed by atoms with Crippen LogP contribution in [0, 0.1) is 0 Å². The third-order valence-electron chi connectivity index (χ3n) is 2.12. The smallest absolute Gasteiger partial charge is 0.335 e. The van der Waals surface area contributed by atoms with Gasteiger partial charge >= 0.3 is 5.97 Å². The lowest BCUT2D eigenvalue weighted by molar-refractivity contribution is 0.0697. The summed E-state index contributed by atoms with van der Waals surface area (Å²) >= 11 is 1.76. The number of rotatable bonds is 6. The van der Waals surface area contributed by atoms with Gasteiger partial charge in [0, 0.05) is 4.90 Å². The van der Waals surface area contributed by atoms with Crippen molar-refractivity contribution in [2.24, 2.45) is 0 Å². The molecular formula is C12H17NO2S. The summed E-state index contributed by atoms with van der Waals surface area (Å²) in [6.07, 6.45) is 1.14. The van der Waals surface area contributed by atoms with Gasteiger partial charge in [-0.3, -0.25) is 0 Å². The van der Waals surface area contributed by atoms with Gasteiger partial charge < -0.3 is 10.0 Å². The van der Waals surface area contributed by atoms with Crippen LogP contribution in [0.4, 0.5) is 0 Å². The Kier molecular flexibility index (Phi) is 5.35. The maximum Gasteiger partial charge on any atom is 0.335 e. The molecule has 0 aromatic heterocycles. The Morgan fingerprint density at radius 2 is 1.94 bits per heavy atom. The topological polar surface area (TPSA) is 40.5 Å². The molecule has 0 aliphatic carbocycles. The van der Waals surface area contributed by atoms with Gasteiger partial charge in [0.2, 0.25) is 0 Å². The minimum Gasteiger partial charge on any atom is -0.478 e. The van der Waals surface area contributed by atoms with Crippen LogP contribution in [0.15, 0.2) is 29.2 Å². The van der Waals surface area contributed by atoms with E-state index in [1.165, 1.54) is 0 Å². The molecule has 0 radical (unpaired) electrons. The van der Waals surface area contributed by atoms with E-state index >= 15 is 0 Å². The third-order valence-corrected chi connectivity index (χ3v) is 3.22. The van der Waals surface area contributed by atoms with E-state index in [1.54, 1.807) is 23.9 Å². The summed E-state index contributed by atoms with van der Waals surface area (Å²) in [6.45, 7) is 1.08. The molecule has 1 rings (SSSR count). The third kappa shape index (κ3) is 4.68. The van der Waals surface area contributed by atoms with Crippen molar-refractivity contribution in [3.05, 3.63) is 29.8 Å². The van der Waals surface area contributed by atoms with Crippen LogP contribution in [0.25, 0.3) is 0 Å². The molecule has 3 nitrogen and oxygen atoms in total. The molecule has 0 unspecified atom stereocenters. The van der Waals surface area contributed by atoms with Crippen LogP contribution in [0.3, 0.4) is 0 Å². The van der Waals surface area contributed by atoms with E-state index in [0.29, 0.717) is 5.56 Å². The molecular weight excluding hydrogens is 222 g/mol. The molecule has 0 saturated heterocycles. The summed E-state index contributed by atoms with van der Waals surface area (Å²) in [5.41, 5.74) is 0.345. The zero-order valence-corrected chi connectivity index (χ0v) is 10.5. The lowest BCUT2D eigenvalue weighted by atomic mass is 10.2. The van der Waals surface area contributed by atoms with Crippen LogP contribution in [-0.4, -0.2) is 42.4 Å². The monoisotopic (exact) mass is 239 g/mol. The van der Waals surface area contributed by atoms with E-state index in [2.05, 4.69) is 19.0 Å². The highest BCUT2D eigenvalue weighted by Crippen LogP contribution is 2.19. The highest BCUT2D eigenvalue weighted by Gasteiger charge is 2.01. The molecule has 0 aliphatic heterocycles. The molecule has 0 heterocycles. The van der Waals surface area contributed by atoms with Crippen LogP contribution < -0.4 is 0 Å². The first-order chi connectivity index (χ1) is 7.59. The highest BCUT2D eigenvalue weighted by molar-refractivity contribution is 7.99. The first-order valence-electron chi connectivity index (χ1n) is 5.20. The second-order valence-corrected chi connectivity index (χ2v) is 5.00. The quantitative estimate of drug-likeness (QED) is 0.611. The molecule has 0 atom stereocenters. The fourth-order valence-electron chi connectivity index (χ4n) is 1.26. The highest BCUT2D eigenvalue weighted by atomic mass is 32.2. The minimum absolute atomic E-state index is 0.345. The molecule has 0 aliphatic rings. The molecule has 1 N–H and O–H groups in total. The number of hydrogen-bond acceptors (Lipinski definition) is 3. The van der Waals surface area contributed by atoms with Gasteiger partial charge in [-0.1, -0.05) is 0 Å². The van der Waals surface area contributed by atoms with Gasteiger partial charge in [0.1, 0.15) is 0 Å². The Morgan fingerprint density at radius 1 is 1.31 bits per heavy atom. The fourth-order valence-corrected chi connectivity index (χ4v) is 2.10. The van der Waals surface area contributed by atoms with Gasteiger partial charge in [0.15, 0.2) is 0 Å². The summed E-state index contributed by atoms with van der Waals surface area (Å²) in [5, 5.41) is 8.74. The standard InChI is InChI=1S/C12H17NO2S/c1-13(2)8-3-9-16-11-6-4-10(5-7-11)12(14)15/h4-7H,3,8-9H2,1-2H3,(H,14,15). The molecule has 1 aromatic rings. The van der Waals surface area contributed by atoms with Crippen molar-refractivity contribution < 1.29 is 9.90 Å². The maximum absolute atomic E-state index is 10.6. The van der Waals surface area contributed by atoms with Crippen molar-refractivity contribution in [3.63, 3.8) is 0 Å². The largest absolute Gasteiger partial charge is 0.478 e. The summed E-state index contributed by atoms with van der Waals surface area (Å²) < 4.78 is 0. The van der Waals surface area contributed by atoms with Gasteiger partial charge in [0.05, 0.1) is 5.56 Å². The number of aromatic carboxylic acids is 1. The van der Waals surface area contributed by atoms with Crippen LogP contribution in [0.2, 0.25) is 0 Å². The van der Waals surface area contributed by atoms with E-state index < -0.39 is 5.97 Å². The van der Waals surface area contributed by atoms with Crippen LogP contribution in [0.1, 0.15) is 16.8 Å². The van der Waals surface area contributed by atoms with Crippen molar-refractivity contribution in [2.45, 2.75) is 11.3 Å². The molecule has 16 heavy (non-hydrogen) atoms. The van der Waals surface area contributed by atoms with E-state index in [4.69, 9.17) is 5.11 Å². The molecule has 0 fully saturated rings. The number of thioether (sulfide) groups is 1. The second-order valence-electron chi connectivity index (χ2n) is 3.83. The summed E-state index contributed by atoms with van der Waals surface area (Å²) in [4.78, 5) is 13.9. The van der Waals surface area contributed by atoms with Crippen molar-refractivity contribution in [1.29, 1.82) is 0 Å².